The van der Waals surface area contributed by atoms with Crippen molar-refractivity contribution >= 4 is 39.1 Å². The van der Waals surface area contributed by atoms with Crippen molar-refractivity contribution in [3.63, 3.8) is 0 Å². The third-order valence-corrected chi connectivity index (χ3v) is 10.6. The molecule has 0 saturated carbocycles. The maximum Gasteiger partial charge on any atom is 0.411 e. The van der Waals surface area contributed by atoms with Gasteiger partial charge in [-0.05, 0) is 85.8 Å². The third-order valence-electron chi connectivity index (χ3n) is 8.36. The summed E-state index contributed by atoms with van der Waals surface area (Å²) in [6.45, 7) is 4.02. The smallest absolute Gasteiger partial charge is 0.411 e. The molecule has 13 heteroatoms. The summed E-state index contributed by atoms with van der Waals surface area (Å²) >= 11 is 0. The fourth-order valence-corrected chi connectivity index (χ4v) is 7.17. The zero-order valence-corrected chi connectivity index (χ0v) is 27.2. The van der Waals surface area contributed by atoms with Crippen molar-refractivity contribution in [1.82, 2.24) is 10.2 Å². The Morgan fingerprint density at radius 3 is 2.39 bits per heavy atom. The molecule has 3 N–H and O–H groups in total. The summed E-state index contributed by atoms with van der Waals surface area (Å²) in [5, 5.41) is 8.03. The number of carbonyl (C=O) groups excluding carboxylic acids is 3. The van der Waals surface area contributed by atoms with E-state index < -0.39 is 33.3 Å². The number of nitrogens with zero attached hydrogens (tertiary/aromatic N) is 1. The quantitative estimate of drug-likeness (QED) is 0.280. The average molecular weight is 651 g/mol. The second kappa shape index (κ2) is 13.3. The Bertz CT molecular complexity index is 1780. The zero-order valence-electron chi connectivity index (χ0n) is 26.4. The minimum absolute atomic E-state index is 0.0999. The second-order valence-electron chi connectivity index (χ2n) is 11.4. The van der Waals surface area contributed by atoms with Crippen LogP contribution in [0.4, 0.5) is 16.2 Å². The van der Waals surface area contributed by atoms with Crippen molar-refractivity contribution in [3.8, 4) is 11.5 Å². The van der Waals surface area contributed by atoms with Crippen LogP contribution in [0.2, 0.25) is 0 Å². The molecule has 0 radical (unpaired) electrons. The average Bonchev–Trinajstić information content (AvgIpc) is 3.69. The van der Waals surface area contributed by atoms with Crippen molar-refractivity contribution in [2.75, 3.05) is 38.5 Å². The summed E-state index contributed by atoms with van der Waals surface area (Å²) in [6, 6.07) is 13.6. The lowest BCUT2D eigenvalue weighted by atomic mass is 10.00. The van der Waals surface area contributed by atoms with E-state index in [0.717, 1.165) is 5.56 Å². The highest BCUT2D eigenvalue weighted by molar-refractivity contribution is 7.92. The van der Waals surface area contributed by atoms with Crippen LogP contribution in [-0.4, -0.2) is 64.3 Å². The Morgan fingerprint density at radius 2 is 1.70 bits per heavy atom. The van der Waals surface area contributed by atoms with Crippen LogP contribution < -0.4 is 25.4 Å². The lowest BCUT2D eigenvalue weighted by Crippen LogP contribution is -2.38. The van der Waals surface area contributed by atoms with E-state index in [0.29, 0.717) is 65.5 Å². The number of sulfone groups is 1. The molecule has 1 unspecified atom stereocenters. The molecular formula is C33H38N4O8S. The maximum atomic E-state index is 14.7. The van der Waals surface area contributed by atoms with Crippen LogP contribution in [0.5, 0.6) is 11.5 Å². The van der Waals surface area contributed by atoms with Gasteiger partial charge in [-0.25, -0.2) is 13.2 Å². The van der Waals surface area contributed by atoms with Crippen LogP contribution in [-0.2, 0) is 25.9 Å². The van der Waals surface area contributed by atoms with Gasteiger partial charge in [-0.3, -0.25) is 14.9 Å². The van der Waals surface area contributed by atoms with Crippen molar-refractivity contribution < 1.29 is 37.0 Å². The van der Waals surface area contributed by atoms with Gasteiger partial charge in [0.1, 0.15) is 6.04 Å². The molecule has 0 bridgehead atoms. The number of nitrogens with one attached hydrogen (secondary N) is 3. The molecule has 2 heterocycles. The van der Waals surface area contributed by atoms with Crippen LogP contribution >= 0.6 is 0 Å². The van der Waals surface area contributed by atoms with Gasteiger partial charge < -0.3 is 29.7 Å². The summed E-state index contributed by atoms with van der Waals surface area (Å²) in [5.41, 5.74) is 3.29. The minimum atomic E-state index is -3.76. The first-order valence-electron chi connectivity index (χ1n) is 14.9. The number of benzene rings is 3. The normalized spacial score (nSPS) is 16.4. The topological polar surface area (TPSA) is 152 Å². The number of hydrogen-bond acceptors (Lipinski definition) is 9. The molecule has 46 heavy (non-hydrogen) atoms. The van der Waals surface area contributed by atoms with Crippen LogP contribution in [0.1, 0.15) is 65.8 Å². The van der Waals surface area contributed by atoms with E-state index >= 15 is 0 Å². The highest BCUT2D eigenvalue weighted by Crippen LogP contribution is 2.41. The fourth-order valence-electron chi connectivity index (χ4n) is 5.88. The molecule has 12 nitrogen and oxygen atoms in total. The summed E-state index contributed by atoms with van der Waals surface area (Å²) in [7, 11) is 0.507. The number of anilines is 2. The van der Waals surface area contributed by atoms with Gasteiger partial charge in [0.15, 0.2) is 21.3 Å². The molecule has 3 aromatic carbocycles. The second-order valence-corrected chi connectivity index (χ2v) is 13.9. The van der Waals surface area contributed by atoms with Gasteiger partial charge in [0.2, 0.25) is 5.91 Å². The number of carbonyl (C=O) groups is 3. The number of amides is 3. The van der Waals surface area contributed by atoms with E-state index in [1.54, 1.807) is 49.1 Å². The molecule has 0 aromatic heterocycles. The zero-order chi connectivity index (χ0) is 33.2. The first kappa shape index (κ1) is 32.6. The lowest BCUT2D eigenvalue weighted by Gasteiger charge is -2.32. The molecule has 2 aliphatic heterocycles. The molecule has 0 spiro atoms. The van der Waals surface area contributed by atoms with Crippen molar-refractivity contribution in [2.45, 2.75) is 55.5 Å². The van der Waals surface area contributed by atoms with E-state index in [1.807, 2.05) is 12.1 Å². The van der Waals surface area contributed by atoms with Crippen molar-refractivity contribution in [2.24, 2.45) is 0 Å². The molecule has 5 rings (SSSR count). The van der Waals surface area contributed by atoms with Gasteiger partial charge in [-0.2, -0.15) is 0 Å². The number of fused-ring (bicyclic) bond motifs is 1. The van der Waals surface area contributed by atoms with Crippen LogP contribution in [0.3, 0.4) is 0 Å². The predicted molar refractivity (Wildman–Crippen MR) is 172 cm³/mol. The number of rotatable bonds is 10. The van der Waals surface area contributed by atoms with E-state index in [-0.39, 0.29) is 16.7 Å². The van der Waals surface area contributed by atoms with Gasteiger partial charge in [-0.1, -0.05) is 12.1 Å². The van der Waals surface area contributed by atoms with E-state index in [1.165, 1.54) is 33.5 Å². The van der Waals surface area contributed by atoms with E-state index in [2.05, 4.69) is 16.0 Å². The van der Waals surface area contributed by atoms with Gasteiger partial charge >= 0.3 is 6.09 Å². The Labute approximate surface area is 268 Å². The molecule has 0 aliphatic carbocycles. The van der Waals surface area contributed by atoms with Crippen LogP contribution in [0.25, 0.3) is 0 Å². The molecule has 2 aliphatic rings. The molecule has 3 aromatic rings. The Morgan fingerprint density at radius 1 is 0.957 bits per heavy atom. The van der Waals surface area contributed by atoms with E-state index in [9.17, 15) is 22.8 Å². The lowest BCUT2D eigenvalue weighted by molar-refractivity contribution is -0.133. The summed E-state index contributed by atoms with van der Waals surface area (Å²) < 4.78 is 42.8. The monoisotopic (exact) mass is 650 g/mol. The SMILES string of the molecule is COC(=O)Nc1ccc(S(=O)(=O)C(C)C)c(C2CCCN2C(=O)[C@H](Nc2ccc3c(c2)C(=O)NC3)c2ccc(OC)c(OC)c2)c1. The molecule has 2 atom stereocenters. The Hall–Kier alpha value is -4.78. The molecular weight excluding hydrogens is 612 g/mol. The van der Waals surface area contributed by atoms with Crippen LogP contribution in [0, 0.1) is 0 Å². The highest BCUT2D eigenvalue weighted by atomic mass is 32.2. The maximum absolute atomic E-state index is 14.7. The predicted octanol–water partition coefficient (Wildman–Crippen LogP) is 4.82. The minimum Gasteiger partial charge on any atom is -0.493 e. The first-order valence-corrected chi connectivity index (χ1v) is 16.5. The Kier molecular flexibility index (Phi) is 9.42. The standard InChI is InChI=1S/C33H38N4O8S/c1-19(2)46(41,42)29-13-11-23(36-33(40)45-5)17-25(29)26-7-6-14-37(26)32(39)30(20-9-12-27(43-3)28(15-20)44-4)35-22-10-8-21-18-34-31(38)24(21)16-22/h8-13,15-17,19,26,30,35H,6-7,14,18H2,1-5H3,(H,34,38)(H,36,40)/t26?,30-/m1/s1. The fraction of sp³-hybridized carbons (Fsp3) is 0.364. The van der Waals surface area contributed by atoms with Gasteiger partial charge in [0, 0.05) is 30.0 Å². The number of methoxy groups -OCH3 is 3. The summed E-state index contributed by atoms with van der Waals surface area (Å²) in [6.07, 6.45) is 0.431. The first-order chi connectivity index (χ1) is 22.0. The van der Waals surface area contributed by atoms with Crippen LogP contribution in [0.15, 0.2) is 59.5 Å². The number of ether oxygens (including phenoxy) is 3. The molecule has 1 saturated heterocycles. The molecule has 244 valence electrons. The summed E-state index contributed by atoms with van der Waals surface area (Å²) in [5.74, 6) is 0.424. The highest BCUT2D eigenvalue weighted by Gasteiger charge is 2.38. The number of hydrogen-bond donors (Lipinski definition) is 3. The third kappa shape index (κ3) is 6.32. The van der Waals surface area contributed by atoms with Gasteiger partial charge in [-0.15, -0.1) is 0 Å². The summed E-state index contributed by atoms with van der Waals surface area (Å²) in [4.78, 5) is 40.9. The van der Waals surface area contributed by atoms with Crippen molar-refractivity contribution in [1.29, 1.82) is 0 Å². The largest absolute Gasteiger partial charge is 0.493 e. The number of likely N-dealkylation sites (tertiary alicyclic amines) is 1. The molecule has 1 fully saturated rings. The molecule has 3 amide bonds. The Balaban J connectivity index is 1.59. The van der Waals surface area contributed by atoms with Gasteiger partial charge in [0.05, 0.1) is 37.5 Å². The van der Waals surface area contributed by atoms with Crippen molar-refractivity contribution in [3.05, 3.63) is 76.9 Å². The van der Waals surface area contributed by atoms with Gasteiger partial charge in [0.25, 0.3) is 5.91 Å². The van der Waals surface area contributed by atoms with E-state index in [4.69, 9.17) is 14.2 Å².